The second kappa shape index (κ2) is 17.9. The molecule has 7 aromatic carbocycles. The predicted octanol–water partition coefficient (Wildman–Crippen LogP) is 12.2. The molecule has 0 N–H and O–H groups in total. The molecule has 53 heavy (non-hydrogen) atoms. The topological polar surface area (TPSA) is 0 Å². The third-order valence-electron chi connectivity index (χ3n) is 9.80. The molecule has 0 atom stereocenters. The molecule has 0 fully saturated rings. The first-order chi connectivity index (χ1) is 25.0. The third-order valence-corrected chi connectivity index (χ3v) is 11.0. The monoisotopic (exact) mass is 782 g/mol. The first-order valence-corrected chi connectivity index (χ1v) is 19.8. The van der Waals surface area contributed by atoms with Crippen molar-refractivity contribution in [3.8, 4) is 22.3 Å². The normalized spacial score (nSPS) is 11.7. The van der Waals surface area contributed by atoms with Crippen LogP contribution in [0.2, 0.25) is 0 Å². The molecular weight excluding hydrogens is 732 g/mol. The number of aryl methyl sites for hydroxylation is 1. The molecule has 0 heterocycles. The Balaban J connectivity index is 0.000000156. The van der Waals surface area contributed by atoms with E-state index in [1.54, 1.807) is 0 Å². The van der Waals surface area contributed by atoms with Crippen LogP contribution in [0.25, 0.3) is 33.0 Å². The molecule has 2 radical (unpaired) electrons. The second-order valence-corrected chi connectivity index (χ2v) is 17.4. The van der Waals surface area contributed by atoms with Crippen LogP contribution in [-0.4, -0.2) is 9.52 Å². The van der Waals surface area contributed by atoms with Crippen molar-refractivity contribution in [2.24, 2.45) is 0 Å². The summed E-state index contributed by atoms with van der Waals surface area (Å²) in [5, 5.41) is 5.54. The minimum atomic E-state index is 0. The van der Waals surface area contributed by atoms with E-state index in [0.717, 1.165) is 15.9 Å². The van der Waals surface area contributed by atoms with Crippen LogP contribution in [0, 0.1) is 6.07 Å². The molecule has 8 rings (SSSR count). The summed E-state index contributed by atoms with van der Waals surface area (Å²) >= 11 is 0. The van der Waals surface area contributed by atoms with Gasteiger partial charge in [-0.25, -0.2) is 0 Å². The first kappa shape index (κ1) is 40.2. The van der Waals surface area contributed by atoms with Gasteiger partial charge in [0.1, 0.15) is 9.52 Å². The van der Waals surface area contributed by atoms with Gasteiger partial charge in [-0.3, -0.25) is 0 Å². The van der Waals surface area contributed by atoms with E-state index in [1.165, 1.54) is 84.1 Å². The van der Waals surface area contributed by atoms with Crippen molar-refractivity contribution in [1.29, 1.82) is 0 Å². The Morgan fingerprint density at radius 3 is 1.77 bits per heavy atom. The van der Waals surface area contributed by atoms with E-state index in [9.17, 15) is 0 Å². The predicted molar refractivity (Wildman–Crippen MR) is 228 cm³/mol. The minimum absolute atomic E-state index is 0. The van der Waals surface area contributed by atoms with Crippen molar-refractivity contribution in [3.05, 3.63) is 186 Å². The molecule has 0 aromatic heterocycles. The van der Waals surface area contributed by atoms with Gasteiger partial charge in [0.05, 0.1) is 0 Å². The summed E-state index contributed by atoms with van der Waals surface area (Å²) in [4.78, 5) is 0. The van der Waals surface area contributed by atoms with E-state index in [1.807, 2.05) is 0 Å². The van der Waals surface area contributed by atoms with Gasteiger partial charge in [0.15, 0.2) is 0 Å². The van der Waals surface area contributed by atoms with Gasteiger partial charge in [-0.2, -0.15) is 35.4 Å². The van der Waals surface area contributed by atoms with Crippen LogP contribution >= 0.6 is 0 Å². The van der Waals surface area contributed by atoms with Crippen LogP contribution in [-0.2, 0) is 49.9 Å². The van der Waals surface area contributed by atoms with Gasteiger partial charge in [-0.1, -0.05) is 203 Å². The number of rotatable bonds is 5. The van der Waals surface area contributed by atoms with Crippen LogP contribution in [0.1, 0.15) is 82.7 Å². The Labute approximate surface area is 341 Å². The largest absolute Gasteiger partial charge is 2.00 e. The molecule has 0 aliphatic heterocycles. The average Bonchev–Trinajstić information content (AvgIpc) is 3.73. The van der Waals surface area contributed by atoms with Gasteiger partial charge >= 0.3 is 26.2 Å². The van der Waals surface area contributed by atoms with Crippen molar-refractivity contribution >= 4 is 30.7 Å². The Kier molecular flexibility index (Phi) is 13.6. The average molecular weight is 784 g/mol. The molecule has 0 saturated carbocycles. The molecule has 2 heteroatoms. The summed E-state index contributed by atoms with van der Waals surface area (Å²) in [6.07, 6.45) is 3.40. The van der Waals surface area contributed by atoms with Crippen LogP contribution in [0.4, 0.5) is 0 Å². The smallest absolute Gasteiger partial charge is 0.179 e. The number of benzene rings is 6. The zero-order chi connectivity index (χ0) is 36.7. The molecule has 264 valence electrons. The van der Waals surface area contributed by atoms with Gasteiger partial charge < -0.3 is 0 Å². The fourth-order valence-corrected chi connectivity index (χ4v) is 7.85. The van der Waals surface area contributed by atoms with Crippen LogP contribution in [0.3, 0.4) is 0 Å². The van der Waals surface area contributed by atoms with E-state index >= 15 is 0 Å². The van der Waals surface area contributed by atoms with Crippen LogP contribution in [0.5, 0.6) is 0 Å². The fourth-order valence-electron chi connectivity index (χ4n) is 6.79. The standard InChI is InChI=1S/C21H25.C18H17.C12H10Si.Zr/c1-20(2,3)16-9-7-14-11-15-8-10-17(21(4,5)6)13-19(15)18(14)12-16;1-2-7-14-12-16-10-6-11-17(18(16)13-14)15-8-4-3-5-9-15;1-3-7-11(8-4-1)13-12-9-5-2-6-10-12;/h7,9-10,12-13H,11H2,1-6H3;3-6,8-13H,2,7H2,1H3;1-10H;/q2*-1;;+2. The molecule has 0 bridgehead atoms. The Hall–Kier alpha value is -3.97. The number of hydrogen-bond donors (Lipinski definition) is 0. The summed E-state index contributed by atoms with van der Waals surface area (Å²) in [5.74, 6) is 0. The van der Waals surface area contributed by atoms with Gasteiger partial charge in [0.25, 0.3) is 0 Å². The van der Waals surface area contributed by atoms with E-state index in [-0.39, 0.29) is 37.0 Å². The summed E-state index contributed by atoms with van der Waals surface area (Å²) in [6.45, 7) is 15.9. The maximum Gasteiger partial charge on any atom is 2.00 e. The Morgan fingerprint density at radius 1 is 0.604 bits per heavy atom. The molecule has 7 aromatic rings. The maximum absolute atomic E-state index is 3.53. The molecule has 1 aliphatic rings. The van der Waals surface area contributed by atoms with E-state index < -0.39 is 0 Å². The summed E-state index contributed by atoms with van der Waals surface area (Å²) < 4.78 is 0. The number of fused-ring (bicyclic) bond motifs is 4. The van der Waals surface area contributed by atoms with Gasteiger partial charge in [-0.05, 0) is 29.4 Å². The molecular formula is C51H52SiZr. The van der Waals surface area contributed by atoms with Crippen LogP contribution in [0.15, 0.2) is 152 Å². The minimum Gasteiger partial charge on any atom is -0.179 e. The first-order valence-electron chi connectivity index (χ1n) is 18.8. The molecule has 0 saturated heterocycles. The van der Waals surface area contributed by atoms with Crippen molar-refractivity contribution < 1.29 is 26.2 Å². The van der Waals surface area contributed by atoms with E-state index in [0.29, 0.717) is 0 Å². The maximum atomic E-state index is 3.53. The second-order valence-electron chi connectivity index (χ2n) is 16.0. The number of hydrogen-bond acceptors (Lipinski definition) is 0. The summed E-state index contributed by atoms with van der Waals surface area (Å²) in [6, 6.07) is 58.1. The fraction of sp³-hybridized carbons (Fsp3) is 0.235. The Morgan fingerprint density at radius 2 is 1.19 bits per heavy atom. The quantitative estimate of drug-likeness (QED) is 0.120. The zero-order valence-electron chi connectivity index (χ0n) is 32.6. The van der Waals surface area contributed by atoms with E-state index in [4.69, 9.17) is 0 Å². The van der Waals surface area contributed by atoms with Crippen LogP contribution < -0.4 is 10.4 Å². The SMILES string of the molecule is CC(C)(C)c1c[c-]c2c(c1)-c1cc(C(C)(C)C)ccc1C2.CCCc1cc2c(-c3ccccc3)cccc2[cH-]1.[Zr+2].c1ccc([Si]c2ccccc2)cc1. The molecule has 1 aliphatic carbocycles. The van der Waals surface area contributed by atoms with Gasteiger partial charge in [0, 0.05) is 0 Å². The van der Waals surface area contributed by atoms with Crippen molar-refractivity contribution in [2.75, 3.05) is 0 Å². The van der Waals surface area contributed by atoms with Crippen molar-refractivity contribution in [2.45, 2.75) is 78.6 Å². The molecule has 0 nitrogen and oxygen atoms in total. The molecule has 0 spiro atoms. The van der Waals surface area contributed by atoms with Gasteiger partial charge in [0.2, 0.25) is 0 Å². The summed E-state index contributed by atoms with van der Waals surface area (Å²) in [7, 11) is 0.777. The van der Waals surface area contributed by atoms with Gasteiger partial charge in [-0.15, -0.1) is 40.1 Å². The van der Waals surface area contributed by atoms with Crippen molar-refractivity contribution in [1.82, 2.24) is 0 Å². The third kappa shape index (κ3) is 10.4. The molecule has 0 amide bonds. The molecule has 0 unspecified atom stereocenters. The summed E-state index contributed by atoms with van der Waals surface area (Å²) in [5.41, 5.74) is 12.9. The van der Waals surface area contributed by atoms with E-state index in [2.05, 4.69) is 206 Å². The van der Waals surface area contributed by atoms with Crippen molar-refractivity contribution in [3.63, 3.8) is 0 Å². The zero-order valence-corrected chi connectivity index (χ0v) is 36.0. The Bertz CT molecular complexity index is 2100.